The zero-order valence-corrected chi connectivity index (χ0v) is 7.02. The van der Waals surface area contributed by atoms with E-state index in [0.29, 0.717) is 5.16 Å². The summed E-state index contributed by atoms with van der Waals surface area (Å²) in [6.45, 7) is 0. The number of thiol groups is 1. The molecule has 1 heterocycles. The molecule has 0 radical (unpaired) electrons. The van der Waals surface area contributed by atoms with Crippen LogP contribution in [0.1, 0.15) is 0 Å². The van der Waals surface area contributed by atoms with Gasteiger partial charge in [-0.05, 0) is 22.6 Å². The number of aromatic nitrogens is 4. The average Bonchev–Trinajstić information content (AvgIpc) is 2.53. The molecule has 0 unspecified atom stereocenters. The van der Waals surface area contributed by atoms with E-state index in [9.17, 15) is 0 Å². The van der Waals surface area contributed by atoms with Crippen molar-refractivity contribution < 1.29 is 0 Å². The van der Waals surface area contributed by atoms with E-state index >= 15 is 0 Å². The van der Waals surface area contributed by atoms with Crippen LogP contribution in [-0.2, 0) is 0 Å². The van der Waals surface area contributed by atoms with Crippen LogP contribution in [0.2, 0.25) is 0 Å². The van der Waals surface area contributed by atoms with Crippen molar-refractivity contribution in [1.29, 1.82) is 0 Å². The number of benzene rings is 1. The Kier molecular flexibility index (Phi) is 3.92. The van der Waals surface area contributed by atoms with Crippen LogP contribution >= 0.6 is 12.6 Å². The van der Waals surface area contributed by atoms with Gasteiger partial charge in [-0.2, -0.15) is 4.68 Å². The van der Waals surface area contributed by atoms with Gasteiger partial charge in [0, 0.05) is 0 Å². The molecule has 0 amide bonds. The maximum absolute atomic E-state index is 4.09. The molecule has 2 rings (SSSR count). The van der Waals surface area contributed by atoms with E-state index in [1.807, 2.05) is 30.3 Å². The molecule has 62 valence electrons. The monoisotopic (exact) mass is 202 g/mol. The van der Waals surface area contributed by atoms with Crippen LogP contribution < -0.4 is 0 Å². The van der Waals surface area contributed by atoms with Crippen molar-refractivity contribution in [2.45, 2.75) is 5.16 Å². The number of nitrogens with zero attached hydrogens (tertiary/aromatic N) is 4. The first kappa shape index (κ1) is 10.7. The summed E-state index contributed by atoms with van der Waals surface area (Å²) in [5.74, 6) is 0. The fourth-order valence-corrected chi connectivity index (χ4v) is 1.11. The normalized spacial score (nSPS) is 9.31. The van der Waals surface area contributed by atoms with Gasteiger partial charge in [0.2, 0.25) is 5.16 Å². The Bertz CT molecular complexity index is 375. The van der Waals surface area contributed by atoms with Gasteiger partial charge in [0.15, 0.2) is 0 Å². The molecule has 0 spiro atoms. The second-order valence-electron chi connectivity index (χ2n) is 2.23. The van der Waals surface area contributed by atoms with E-state index < -0.39 is 0 Å². The van der Waals surface area contributed by atoms with Crippen molar-refractivity contribution in [1.82, 2.24) is 20.2 Å². The van der Waals surface area contributed by atoms with Gasteiger partial charge in [0.25, 0.3) is 0 Å². The van der Waals surface area contributed by atoms with Gasteiger partial charge in [-0.1, -0.05) is 18.2 Å². The zero-order chi connectivity index (χ0) is 8.39. The van der Waals surface area contributed by atoms with Crippen LogP contribution in [0.5, 0.6) is 0 Å². The van der Waals surface area contributed by atoms with Gasteiger partial charge >= 0.3 is 29.6 Å². The molecule has 0 bridgehead atoms. The minimum absolute atomic E-state index is 0. The SMILES string of the molecule is Sc1nnnn1-c1ccccc1.[NaH]. The van der Waals surface area contributed by atoms with Crippen LogP contribution in [0.4, 0.5) is 0 Å². The number of hydrogen-bond donors (Lipinski definition) is 1. The summed E-state index contributed by atoms with van der Waals surface area (Å²) in [5, 5.41) is 11.4. The molecule has 0 aliphatic carbocycles. The first-order chi connectivity index (χ1) is 5.88. The van der Waals surface area contributed by atoms with Crippen LogP contribution in [-0.4, -0.2) is 49.8 Å². The van der Waals surface area contributed by atoms with Crippen LogP contribution in [0, 0.1) is 0 Å². The van der Waals surface area contributed by atoms with E-state index in [0.717, 1.165) is 5.69 Å². The summed E-state index contributed by atoms with van der Waals surface area (Å²) in [6.07, 6.45) is 0. The van der Waals surface area contributed by atoms with Crippen molar-refractivity contribution >= 4 is 42.2 Å². The minimum atomic E-state index is 0. The number of tetrazole rings is 1. The molecule has 6 heteroatoms. The van der Waals surface area contributed by atoms with Crippen molar-refractivity contribution in [2.24, 2.45) is 0 Å². The van der Waals surface area contributed by atoms with Crippen LogP contribution in [0.15, 0.2) is 35.5 Å². The van der Waals surface area contributed by atoms with Gasteiger partial charge < -0.3 is 0 Å². The van der Waals surface area contributed by atoms with E-state index in [1.165, 1.54) is 0 Å². The van der Waals surface area contributed by atoms with Gasteiger partial charge in [0.1, 0.15) is 0 Å². The Labute approximate surface area is 103 Å². The molecular weight excluding hydrogens is 195 g/mol. The van der Waals surface area contributed by atoms with Crippen molar-refractivity contribution in [3.63, 3.8) is 0 Å². The Hall–Kier alpha value is -0.360. The summed E-state index contributed by atoms with van der Waals surface area (Å²) >= 11 is 4.09. The standard InChI is InChI=1S/C7H6N4S.Na.H/c12-7-8-9-10-11(7)6-4-2-1-3-5-6;;/h1-5H,(H,8,10,12);;. The number of hydrogen-bond acceptors (Lipinski definition) is 4. The van der Waals surface area contributed by atoms with Crippen molar-refractivity contribution in [3.8, 4) is 5.69 Å². The van der Waals surface area contributed by atoms with E-state index in [1.54, 1.807) is 4.68 Å². The molecule has 0 N–H and O–H groups in total. The number of rotatable bonds is 1. The second kappa shape index (κ2) is 4.76. The fourth-order valence-electron chi connectivity index (χ4n) is 0.919. The van der Waals surface area contributed by atoms with Crippen molar-refractivity contribution in [3.05, 3.63) is 30.3 Å². The summed E-state index contributed by atoms with van der Waals surface area (Å²) in [4.78, 5) is 0. The predicted octanol–water partition coefficient (Wildman–Crippen LogP) is 0.303. The van der Waals surface area contributed by atoms with E-state index in [4.69, 9.17) is 0 Å². The summed E-state index contributed by atoms with van der Waals surface area (Å²) in [6, 6.07) is 9.60. The van der Waals surface area contributed by atoms with Crippen LogP contribution in [0.3, 0.4) is 0 Å². The predicted molar refractivity (Wildman–Crippen MR) is 53.6 cm³/mol. The third-order valence-electron chi connectivity index (χ3n) is 1.45. The summed E-state index contributed by atoms with van der Waals surface area (Å²) < 4.78 is 1.56. The van der Waals surface area contributed by atoms with Gasteiger partial charge in [-0.3, -0.25) is 0 Å². The molecule has 1 aromatic heterocycles. The number of para-hydroxylation sites is 1. The third kappa shape index (κ3) is 2.31. The maximum atomic E-state index is 4.09. The topological polar surface area (TPSA) is 43.6 Å². The molecule has 1 aromatic carbocycles. The first-order valence-electron chi connectivity index (χ1n) is 3.41. The molecular formula is C7H7N4NaS. The first-order valence-corrected chi connectivity index (χ1v) is 3.85. The Balaban J connectivity index is 0.000000845. The van der Waals surface area contributed by atoms with E-state index in [2.05, 4.69) is 28.2 Å². The zero-order valence-electron chi connectivity index (χ0n) is 6.12. The molecule has 13 heavy (non-hydrogen) atoms. The summed E-state index contributed by atoms with van der Waals surface area (Å²) in [7, 11) is 0. The molecule has 0 saturated carbocycles. The molecule has 0 saturated heterocycles. The van der Waals surface area contributed by atoms with Gasteiger partial charge in [-0.25, -0.2) is 0 Å². The fraction of sp³-hybridized carbons (Fsp3) is 0. The van der Waals surface area contributed by atoms with Crippen molar-refractivity contribution in [2.75, 3.05) is 0 Å². The van der Waals surface area contributed by atoms with Gasteiger partial charge in [0.05, 0.1) is 5.69 Å². The Morgan fingerprint density at radius 2 is 1.85 bits per heavy atom. The second-order valence-corrected chi connectivity index (χ2v) is 2.63. The summed E-state index contributed by atoms with van der Waals surface area (Å²) in [5.41, 5.74) is 0.910. The molecule has 4 nitrogen and oxygen atoms in total. The van der Waals surface area contributed by atoms with Gasteiger partial charge in [-0.15, -0.1) is 17.7 Å². The molecule has 0 atom stereocenters. The Morgan fingerprint density at radius 3 is 2.38 bits per heavy atom. The third-order valence-corrected chi connectivity index (χ3v) is 1.73. The van der Waals surface area contributed by atoms with Crippen LogP contribution in [0.25, 0.3) is 5.69 Å². The average molecular weight is 202 g/mol. The molecule has 2 aromatic rings. The quantitative estimate of drug-likeness (QED) is 0.534. The Morgan fingerprint density at radius 1 is 1.15 bits per heavy atom. The van der Waals surface area contributed by atoms with E-state index in [-0.39, 0.29) is 29.6 Å². The molecule has 0 aliphatic heterocycles. The molecule has 0 fully saturated rings. The molecule has 0 aliphatic rings.